The van der Waals surface area contributed by atoms with Gasteiger partial charge in [0, 0.05) is 29.3 Å². The lowest BCUT2D eigenvalue weighted by atomic mass is 9.99. The third-order valence-electron chi connectivity index (χ3n) is 4.52. The van der Waals surface area contributed by atoms with Crippen LogP contribution in [0, 0.1) is 0 Å². The number of rotatable bonds is 8. The quantitative estimate of drug-likeness (QED) is 0.413. The molecule has 0 spiro atoms. The zero-order valence-electron chi connectivity index (χ0n) is 16.3. The molecule has 3 aromatic rings. The molecule has 0 amide bonds. The summed E-state index contributed by atoms with van der Waals surface area (Å²) in [5, 5.41) is 39.0. The molecule has 0 fully saturated rings. The Hall–Kier alpha value is -3.49. The Morgan fingerprint density at radius 1 is 1.23 bits per heavy atom. The Bertz CT molecular complexity index is 1130. The van der Waals surface area contributed by atoms with Gasteiger partial charge in [-0.15, -0.1) is 6.58 Å². The lowest BCUT2D eigenvalue weighted by Crippen LogP contribution is -2.21. The van der Waals surface area contributed by atoms with E-state index in [1.54, 1.807) is 18.2 Å². The summed E-state index contributed by atoms with van der Waals surface area (Å²) in [5.41, 5.74) is 0.514. The van der Waals surface area contributed by atoms with Gasteiger partial charge in [-0.1, -0.05) is 6.08 Å². The molecule has 2 aromatic carbocycles. The van der Waals surface area contributed by atoms with Crippen LogP contribution < -0.4 is 14.9 Å². The second-order valence-electron chi connectivity index (χ2n) is 6.57. The maximum atomic E-state index is 12.7. The minimum atomic E-state index is -1.09. The number of allylic oxidation sites excluding steroid dienone is 1. The van der Waals surface area contributed by atoms with Gasteiger partial charge in [0.15, 0.2) is 16.9 Å². The molecule has 1 atom stereocenters. The van der Waals surface area contributed by atoms with Crippen LogP contribution in [-0.4, -0.2) is 46.9 Å². The standard InChI is InChI=1S/C22H22O8/c1-3-4-15-14(5-6-18(28-2)22(15)27)19-9-17(26)21-16(25)7-13(8-20(21)30-19)29-11-12(24)10-23/h3,5-9,12,23-25,27H,1,4,10-11H2,2H3. The summed E-state index contributed by atoms with van der Waals surface area (Å²) in [6.45, 7) is 3.00. The van der Waals surface area contributed by atoms with Crippen molar-refractivity contribution in [3.05, 3.63) is 58.8 Å². The summed E-state index contributed by atoms with van der Waals surface area (Å²) < 4.78 is 16.3. The third-order valence-corrected chi connectivity index (χ3v) is 4.52. The number of hydrogen-bond acceptors (Lipinski definition) is 8. The van der Waals surface area contributed by atoms with Crippen LogP contribution in [0.4, 0.5) is 0 Å². The van der Waals surface area contributed by atoms with Crippen LogP contribution in [-0.2, 0) is 6.42 Å². The SMILES string of the molecule is C=CCc1c(-c2cc(=O)c3c(O)cc(OCC(O)CO)cc3o2)ccc(OC)c1O. The maximum Gasteiger partial charge on any atom is 0.197 e. The third kappa shape index (κ3) is 4.10. The van der Waals surface area contributed by atoms with E-state index in [1.165, 1.54) is 25.3 Å². The van der Waals surface area contributed by atoms with Crippen molar-refractivity contribution in [3.8, 4) is 34.3 Å². The van der Waals surface area contributed by atoms with Gasteiger partial charge in [-0.05, 0) is 18.6 Å². The van der Waals surface area contributed by atoms with Gasteiger partial charge < -0.3 is 34.3 Å². The fraction of sp³-hybridized carbons (Fsp3) is 0.227. The molecule has 0 aliphatic heterocycles. The number of methoxy groups -OCH3 is 1. The van der Waals surface area contributed by atoms with Gasteiger partial charge >= 0.3 is 0 Å². The first-order chi connectivity index (χ1) is 14.4. The van der Waals surface area contributed by atoms with E-state index in [9.17, 15) is 20.1 Å². The number of phenols is 2. The van der Waals surface area contributed by atoms with Gasteiger partial charge in [0.05, 0.1) is 13.7 Å². The lowest BCUT2D eigenvalue weighted by molar-refractivity contribution is 0.0535. The normalized spacial score (nSPS) is 12.0. The molecule has 8 heteroatoms. The molecule has 0 radical (unpaired) electrons. The van der Waals surface area contributed by atoms with Crippen LogP contribution in [0.5, 0.6) is 23.0 Å². The number of aromatic hydroxyl groups is 2. The summed E-state index contributed by atoms with van der Waals surface area (Å²) in [6, 6.07) is 7.06. The summed E-state index contributed by atoms with van der Waals surface area (Å²) in [4.78, 5) is 12.7. The molecule has 1 heterocycles. The van der Waals surface area contributed by atoms with Crippen LogP contribution in [0.2, 0.25) is 0 Å². The number of ether oxygens (including phenoxy) is 2. The van der Waals surface area contributed by atoms with Gasteiger partial charge in [-0.2, -0.15) is 0 Å². The van der Waals surface area contributed by atoms with Crippen molar-refractivity contribution < 1.29 is 34.3 Å². The van der Waals surface area contributed by atoms with Crippen molar-refractivity contribution in [1.29, 1.82) is 0 Å². The van der Waals surface area contributed by atoms with E-state index >= 15 is 0 Å². The molecule has 0 saturated heterocycles. The second-order valence-corrected chi connectivity index (χ2v) is 6.57. The number of aliphatic hydroxyl groups is 2. The first-order valence-corrected chi connectivity index (χ1v) is 9.12. The summed E-state index contributed by atoms with van der Waals surface area (Å²) in [5.74, 6) is 0.168. The van der Waals surface area contributed by atoms with Crippen LogP contribution >= 0.6 is 0 Å². The predicted molar refractivity (Wildman–Crippen MR) is 110 cm³/mol. The highest BCUT2D eigenvalue weighted by atomic mass is 16.5. The van der Waals surface area contributed by atoms with Crippen LogP contribution in [0.25, 0.3) is 22.3 Å². The number of fused-ring (bicyclic) bond motifs is 1. The maximum absolute atomic E-state index is 12.7. The highest BCUT2D eigenvalue weighted by molar-refractivity contribution is 5.86. The minimum absolute atomic E-state index is 0.0307. The highest BCUT2D eigenvalue weighted by Crippen LogP contribution is 2.39. The smallest absolute Gasteiger partial charge is 0.197 e. The molecule has 4 N–H and O–H groups in total. The Morgan fingerprint density at radius 2 is 2.00 bits per heavy atom. The molecular formula is C22H22O8. The van der Waals surface area contributed by atoms with Gasteiger partial charge in [-0.25, -0.2) is 0 Å². The van der Waals surface area contributed by atoms with Crippen molar-refractivity contribution in [2.75, 3.05) is 20.3 Å². The number of hydrogen-bond donors (Lipinski definition) is 4. The van der Waals surface area contributed by atoms with E-state index in [4.69, 9.17) is 19.0 Å². The van der Waals surface area contributed by atoms with Crippen LogP contribution in [0.15, 0.2) is 52.2 Å². The highest BCUT2D eigenvalue weighted by Gasteiger charge is 2.18. The fourth-order valence-corrected chi connectivity index (χ4v) is 3.07. The van der Waals surface area contributed by atoms with Crippen molar-refractivity contribution in [2.24, 2.45) is 0 Å². The molecule has 0 aliphatic carbocycles. The van der Waals surface area contributed by atoms with E-state index in [0.717, 1.165) is 0 Å². The van der Waals surface area contributed by atoms with Crippen LogP contribution in [0.3, 0.4) is 0 Å². The van der Waals surface area contributed by atoms with E-state index in [-0.39, 0.29) is 46.3 Å². The average Bonchev–Trinajstić information content (AvgIpc) is 2.72. The molecule has 8 nitrogen and oxygen atoms in total. The van der Waals surface area contributed by atoms with E-state index in [2.05, 4.69) is 6.58 Å². The Morgan fingerprint density at radius 3 is 2.67 bits per heavy atom. The van der Waals surface area contributed by atoms with Gasteiger partial charge in [-0.3, -0.25) is 4.79 Å². The summed E-state index contributed by atoms with van der Waals surface area (Å²) in [7, 11) is 1.43. The minimum Gasteiger partial charge on any atom is -0.507 e. The molecule has 158 valence electrons. The zero-order chi connectivity index (χ0) is 21.8. The lowest BCUT2D eigenvalue weighted by Gasteiger charge is -2.14. The Kier molecular flexibility index (Phi) is 6.29. The predicted octanol–water partition coefficient (Wildman–Crippen LogP) is 2.34. The first kappa shape index (κ1) is 21.2. The molecular weight excluding hydrogens is 392 g/mol. The van der Waals surface area contributed by atoms with E-state index in [0.29, 0.717) is 17.5 Å². The van der Waals surface area contributed by atoms with Crippen molar-refractivity contribution in [1.82, 2.24) is 0 Å². The van der Waals surface area contributed by atoms with Crippen molar-refractivity contribution in [3.63, 3.8) is 0 Å². The molecule has 30 heavy (non-hydrogen) atoms. The second kappa shape index (κ2) is 8.89. The molecule has 3 rings (SSSR count). The topological polar surface area (TPSA) is 130 Å². The van der Waals surface area contributed by atoms with Crippen molar-refractivity contribution in [2.45, 2.75) is 12.5 Å². The number of phenolic OH excluding ortho intramolecular Hbond substituents is 2. The molecule has 0 aliphatic rings. The zero-order valence-corrected chi connectivity index (χ0v) is 16.3. The number of benzene rings is 2. The first-order valence-electron chi connectivity index (χ1n) is 9.12. The molecule has 1 unspecified atom stereocenters. The molecule has 1 aromatic heterocycles. The Balaban J connectivity index is 2.15. The number of aliphatic hydroxyl groups excluding tert-OH is 2. The largest absolute Gasteiger partial charge is 0.507 e. The van der Waals surface area contributed by atoms with E-state index in [1.807, 2.05) is 0 Å². The average molecular weight is 414 g/mol. The monoisotopic (exact) mass is 414 g/mol. The van der Waals surface area contributed by atoms with Crippen molar-refractivity contribution >= 4 is 11.0 Å². The summed E-state index contributed by atoms with van der Waals surface area (Å²) >= 11 is 0. The molecule has 0 saturated carbocycles. The fourth-order valence-electron chi connectivity index (χ4n) is 3.07. The Labute approximate surface area is 171 Å². The van der Waals surface area contributed by atoms with Gasteiger partial charge in [0.1, 0.15) is 40.9 Å². The molecule has 0 bridgehead atoms. The van der Waals surface area contributed by atoms with E-state index < -0.39 is 18.1 Å². The summed E-state index contributed by atoms with van der Waals surface area (Å²) in [6.07, 6.45) is 0.805. The van der Waals surface area contributed by atoms with Gasteiger partial charge in [0.25, 0.3) is 0 Å². The van der Waals surface area contributed by atoms with Gasteiger partial charge in [0.2, 0.25) is 0 Å². The van der Waals surface area contributed by atoms with Crippen LogP contribution in [0.1, 0.15) is 5.56 Å².